The first kappa shape index (κ1) is 16.3. The number of benzene rings is 2. The van der Waals surface area contributed by atoms with E-state index in [9.17, 15) is 4.79 Å². The van der Waals surface area contributed by atoms with Crippen molar-refractivity contribution in [3.8, 4) is 11.3 Å². The first-order valence-electron chi connectivity index (χ1n) is 9.16. The number of carbonyl (C=O) groups excluding carboxylic acids is 1. The van der Waals surface area contributed by atoms with Crippen molar-refractivity contribution in [2.45, 2.75) is 6.42 Å². The Bertz CT molecular complexity index is 1270. The molecule has 0 unspecified atom stereocenters. The molecule has 1 amide bonds. The normalized spacial score (nSPS) is 11.1. The summed E-state index contributed by atoms with van der Waals surface area (Å²) >= 11 is 0. The third-order valence-corrected chi connectivity index (χ3v) is 4.87. The summed E-state index contributed by atoms with van der Waals surface area (Å²) in [5.41, 5.74) is 5.38. The van der Waals surface area contributed by atoms with Gasteiger partial charge in [-0.05, 0) is 29.8 Å². The number of anilines is 1. The van der Waals surface area contributed by atoms with Gasteiger partial charge in [-0.15, -0.1) is 0 Å². The lowest BCUT2D eigenvalue weighted by Gasteiger charge is -2.09. The summed E-state index contributed by atoms with van der Waals surface area (Å²) < 4.78 is 1.97. The number of pyridine rings is 1. The van der Waals surface area contributed by atoms with Crippen molar-refractivity contribution in [1.29, 1.82) is 0 Å². The molecule has 0 bridgehead atoms. The Hall–Kier alpha value is -3.86. The van der Waals surface area contributed by atoms with Gasteiger partial charge < -0.3 is 14.7 Å². The van der Waals surface area contributed by atoms with E-state index in [-0.39, 0.29) is 5.91 Å². The fraction of sp³-hybridized carbons (Fsp3) is 0.0435. The van der Waals surface area contributed by atoms with Gasteiger partial charge >= 0.3 is 0 Å². The molecule has 5 nitrogen and oxygen atoms in total. The SMILES string of the molecule is O=C(Cc1c[nH]c2ccccc12)Nc1ccccc1-c1cn2ccccc2n1. The molecular formula is C23H18N4O. The van der Waals surface area contributed by atoms with Crippen LogP contribution in [0.25, 0.3) is 27.8 Å². The molecule has 136 valence electrons. The molecule has 3 heterocycles. The molecular weight excluding hydrogens is 348 g/mol. The van der Waals surface area contributed by atoms with Crippen molar-refractivity contribution in [3.05, 3.63) is 90.9 Å². The molecule has 28 heavy (non-hydrogen) atoms. The molecule has 0 saturated carbocycles. The van der Waals surface area contributed by atoms with Crippen LogP contribution in [0.2, 0.25) is 0 Å². The summed E-state index contributed by atoms with van der Waals surface area (Å²) in [6.07, 6.45) is 6.14. The molecule has 5 rings (SSSR count). The van der Waals surface area contributed by atoms with Crippen LogP contribution >= 0.6 is 0 Å². The quantitative estimate of drug-likeness (QED) is 0.486. The molecule has 0 spiro atoms. The lowest BCUT2D eigenvalue weighted by atomic mass is 10.1. The Morgan fingerprint density at radius 1 is 1.00 bits per heavy atom. The van der Waals surface area contributed by atoms with Crippen molar-refractivity contribution < 1.29 is 4.79 Å². The number of rotatable bonds is 4. The van der Waals surface area contributed by atoms with Gasteiger partial charge in [-0.1, -0.05) is 42.5 Å². The van der Waals surface area contributed by atoms with E-state index in [1.807, 2.05) is 89.7 Å². The summed E-state index contributed by atoms with van der Waals surface area (Å²) in [6, 6.07) is 21.6. The number of aromatic nitrogens is 3. The highest BCUT2D eigenvalue weighted by Crippen LogP contribution is 2.28. The van der Waals surface area contributed by atoms with E-state index in [1.165, 1.54) is 0 Å². The number of amides is 1. The van der Waals surface area contributed by atoms with E-state index in [2.05, 4.69) is 15.3 Å². The summed E-state index contributed by atoms with van der Waals surface area (Å²) in [5, 5.41) is 4.13. The van der Waals surface area contributed by atoms with Crippen molar-refractivity contribution in [3.63, 3.8) is 0 Å². The fourth-order valence-electron chi connectivity index (χ4n) is 3.53. The van der Waals surface area contributed by atoms with Crippen LogP contribution in [-0.4, -0.2) is 20.3 Å². The zero-order chi connectivity index (χ0) is 18.9. The van der Waals surface area contributed by atoms with E-state index in [0.717, 1.165) is 39.1 Å². The zero-order valence-corrected chi connectivity index (χ0v) is 15.1. The monoisotopic (exact) mass is 366 g/mol. The Balaban J connectivity index is 1.43. The van der Waals surface area contributed by atoms with Crippen molar-refractivity contribution in [1.82, 2.24) is 14.4 Å². The summed E-state index contributed by atoms with van der Waals surface area (Å²) in [6.45, 7) is 0. The van der Waals surface area contributed by atoms with Gasteiger partial charge in [0, 0.05) is 35.1 Å². The number of imidazole rings is 1. The number of carbonyl (C=O) groups is 1. The maximum absolute atomic E-state index is 12.7. The maximum Gasteiger partial charge on any atom is 0.228 e. The Kier molecular flexibility index (Phi) is 3.91. The molecule has 0 aliphatic rings. The number of hydrogen-bond acceptors (Lipinski definition) is 2. The van der Waals surface area contributed by atoms with Gasteiger partial charge in [0.1, 0.15) is 5.65 Å². The van der Waals surface area contributed by atoms with Gasteiger partial charge in [0.15, 0.2) is 0 Å². The third kappa shape index (κ3) is 2.93. The zero-order valence-electron chi connectivity index (χ0n) is 15.1. The minimum Gasteiger partial charge on any atom is -0.361 e. The lowest BCUT2D eigenvalue weighted by molar-refractivity contribution is -0.115. The standard InChI is InChI=1S/C23H18N4O/c28-23(13-16-14-24-19-9-3-1-7-17(16)19)26-20-10-4-2-8-18(20)21-15-27-12-6-5-11-22(27)25-21/h1-12,14-15,24H,13H2,(H,26,28). The van der Waals surface area contributed by atoms with Crippen LogP contribution in [-0.2, 0) is 11.2 Å². The highest BCUT2D eigenvalue weighted by atomic mass is 16.1. The maximum atomic E-state index is 12.7. The van der Waals surface area contributed by atoms with Crippen molar-refractivity contribution in [2.75, 3.05) is 5.32 Å². The van der Waals surface area contributed by atoms with Crippen LogP contribution in [0, 0.1) is 0 Å². The van der Waals surface area contributed by atoms with Crippen LogP contribution in [0.4, 0.5) is 5.69 Å². The highest BCUT2D eigenvalue weighted by molar-refractivity contribution is 5.98. The second-order valence-corrected chi connectivity index (χ2v) is 6.72. The Morgan fingerprint density at radius 2 is 1.82 bits per heavy atom. The predicted octanol–water partition coefficient (Wildman–Crippen LogP) is 4.66. The number of nitrogens with one attached hydrogen (secondary N) is 2. The molecule has 0 fully saturated rings. The van der Waals surface area contributed by atoms with E-state index >= 15 is 0 Å². The summed E-state index contributed by atoms with van der Waals surface area (Å²) in [4.78, 5) is 20.6. The molecule has 5 heteroatoms. The van der Waals surface area contributed by atoms with E-state index in [1.54, 1.807) is 0 Å². The van der Waals surface area contributed by atoms with Crippen LogP contribution in [0.3, 0.4) is 0 Å². The minimum absolute atomic E-state index is 0.0547. The number of H-pyrrole nitrogens is 1. The van der Waals surface area contributed by atoms with Gasteiger partial charge in [0.2, 0.25) is 5.91 Å². The average Bonchev–Trinajstić information content (AvgIpc) is 3.33. The summed E-state index contributed by atoms with van der Waals surface area (Å²) in [5.74, 6) is -0.0547. The van der Waals surface area contributed by atoms with Crippen LogP contribution in [0.15, 0.2) is 85.3 Å². The van der Waals surface area contributed by atoms with Crippen LogP contribution < -0.4 is 5.32 Å². The predicted molar refractivity (Wildman–Crippen MR) is 111 cm³/mol. The molecule has 0 radical (unpaired) electrons. The van der Waals surface area contributed by atoms with E-state index in [4.69, 9.17) is 0 Å². The van der Waals surface area contributed by atoms with E-state index < -0.39 is 0 Å². The highest BCUT2D eigenvalue weighted by Gasteiger charge is 2.13. The lowest BCUT2D eigenvalue weighted by Crippen LogP contribution is -2.14. The second kappa shape index (κ2) is 6.70. The van der Waals surface area contributed by atoms with Gasteiger partial charge in [0.25, 0.3) is 0 Å². The molecule has 2 N–H and O–H groups in total. The van der Waals surface area contributed by atoms with E-state index in [0.29, 0.717) is 6.42 Å². The Labute approximate surface area is 161 Å². The molecule has 3 aromatic heterocycles. The van der Waals surface area contributed by atoms with Crippen molar-refractivity contribution in [2.24, 2.45) is 0 Å². The molecule has 0 aliphatic carbocycles. The molecule has 0 atom stereocenters. The molecule has 0 aliphatic heterocycles. The second-order valence-electron chi connectivity index (χ2n) is 6.72. The number of nitrogens with zero attached hydrogens (tertiary/aromatic N) is 2. The topological polar surface area (TPSA) is 62.2 Å². The number of para-hydroxylation sites is 2. The Morgan fingerprint density at radius 3 is 2.75 bits per heavy atom. The van der Waals surface area contributed by atoms with Gasteiger partial charge in [-0.3, -0.25) is 4.79 Å². The first-order chi connectivity index (χ1) is 13.8. The average molecular weight is 366 g/mol. The summed E-state index contributed by atoms with van der Waals surface area (Å²) in [7, 11) is 0. The fourth-order valence-corrected chi connectivity index (χ4v) is 3.53. The van der Waals surface area contributed by atoms with Crippen LogP contribution in [0.5, 0.6) is 0 Å². The number of aromatic amines is 1. The van der Waals surface area contributed by atoms with Gasteiger partial charge in [-0.2, -0.15) is 0 Å². The third-order valence-electron chi connectivity index (χ3n) is 4.87. The smallest absolute Gasteiger partial charge is 0.228 e. The number of fused-ring (bicyclic) bond motifs is 2. The van der Waals surface area contributed by atoms with Gasteiger partial charge in [-0.25, -0.2) is 4.98 Å². The molecule has 2 aromatic carbocycles. The van der Waals surface area contributed by atoms with Gasteiger partial charge in [0.05, 0.1) is 17.8 Å². The molecule has 0 saturated heterocycles. The largest absolute Gasteiger partial charge is 0.361 e. The van der Waals surface area contributed by atoms with Crippen LogP contribution in [0.1, 0.15) is 5.56 Å². The first-order valence-corrected chi connectivity index (χ1v) is 9.16. The van der Waals surface area contributed by atoms with Crippen molar-refractivity contribution >= 4 is 28.1 Å². The number of hydrogen-bond donors (Lipinski definition) is 2. The molecule has 5 aromatic rings. The minimum atomic E-state index is -0.0547.